The number of aromatic nitrogens is 1. The lowest BCUT2D eigenvalue weighted by atomic mass is 10.2. The van der Waals surface area contributed by atoms with Crippen LogP contribution in [-0.4, -0.2) is 68.2 Å². The minimum Gasteiger partial charge on any atom is -0.490 e. The standard InChI is InChI=1S/C18H27N5OS/c1-21(2)11-12-24-17-6-4-3-5-16(17)23-9-7-22(8-10-23)14-15-13-20-18(19)25-15/h3-6,13H,7-12,14H2,1-2H3,(H2,19,20). The van der Waals surface area contributed by atoms with Crippen molar-refractivity contribution < 1.29 is 4.74 Å². The van der Waals surface area contributed by atoms with E-state index in [1.165, 1.54) is 10.6 Å². The van der Waals surface area contributed by atoms with Gasteiger partial charge in [-0.3, -0.25) is 4.90 Å². The van der Waals surface area contributed by atoms with Crippen molar-refractivity contribution in [3.63, 3.8) is 0 Å². The Morgan fingerprint density at radius 3 is 2.64 bits per heavy atom. The lowest BCUT2D eigenvalue weighted by Gasteiger charge is -2.36. The van der Waals surface area contributed by atoms with Crippen LogP contribution in [0.5, 0.6) is 5.75 Å². The fourth-order valence-corrected chi connectivity index (χ4v) is 3.67. The molecule has 0 aliphatic carbocycles. The van der Waals surface area contributed by atoms with E-state index in [1.807, 2.05) is 12.3 Å². The van der Waals surface area contributed by atoms with Gasteiger partial charge in [-0.2, -0.15) is 0 Å². The van der Waals surface area contributed by atoms with Crippen molar-refractivity contribution in [2.75, 3.05) is 64.1 Å². The van der Waals surface area contributed by atoms with E-state index in [1.54, 1.807) is 11.3 Å². The van der Waals surface area contributed by atoms with E-state index in [2.05, 4.69) is 52.0 Å². The molecule has 0 amide bonds. The Hall–Kier alpha value is -1.83. The van der Waals surface area contributed by atoms with Crippen molar-refractivity contribution in [2.45, 2.75) is 6.54 Å². The average molecular weight is 362 g/mol. The number of piperazine rings is 1. The maximum atomic E-state index is 6.01. The van der Waals surface area contributed by atoms with E-state index in [4.69, 9.17) is 10.5 Å². The van der Waals surface area contributed by atoms with Crippen molar-refractivity contribution >= 4 is 22.2 Å². The fourth-order valence-electron chi connectivity index (χ4n) is 2.94. The van der Waals surface area contributed by atoms with Gasteiger partial charge in [0.1, 0.15) is 12.4 Å². The van der Waals surface area contributed by atoms with Crippen LogP contribution in [0.1, 0.15) is 4.88 Å². The average Bonchev–Trinajstić information content (AvgIpc) is 3.01. The first kappa shape index (κ1) is 18.0. The third-order valence-electron chi connectivity index (χ3n) is 4.33. The van der Waals surface area contributed by atoms with E-state index in [9.17, 15) is 0 Å². The zero-order chi connectivity index (χ0) is 17.6. The van der Waals surface area contributed by atoms with E-state index >= 15 is 0 Å². The van der Waals surface area contributed by atoms with Crippen LogP contribution in [0, 0.1) is 0 Å². The Balaban J connectivity index is 1.55. The molecule has 3 rings (SSSR count). The minimum atomic E-state index is 0.650. The number of ether oxygens (including phenoxy) is 1. The van der Waals surface area contributed by atoms with Gasteiger partial charge in [-0.25, -0.2) is 4.98 Å². The summed E-state index contributed by atoms with van der Waals surface area (Å²) in [5.41, 5.74) is 6.92. The molecule has 1 aromatic heterocycles. The number of hydrogen-bond acceptors (Lipinski definition) is 7. The highest BCUT2D eigenvalue weighted by molar-refractivity contribution is 7.15. The van der Waals surface area contributed by atoms with Gasteiger partial charge in [0.2, 0.25) is 0 Å². The highest BCUT2D eigenvalue weighted by Gasteiger charge is 2.20. The first-order valence-electron chi connectivity index (χ1n) is 8.66. The fraction of sp³-hybridized carbons (Fsp3) is 0.500. The zero-order valence-electron chi connectivity index (χ0n) is 15.0. The first-order valence-corrected chi connectivity index (χ1v) is 9.47. The molecule has 1 aromatic carbocycles. The summed E-state index contributed by atoms with van der Waals surface area (Å²) in [5.74, 6) is 0.980. The van der Waals surface area contributed by atoms with Crippen molar-refractivity contribution in [2.24, 2.45) is 0 Å². The van der Waals surface area contributed by atoms with Gasteiger partial charge >= 0.3 is 0 Å². The van der Waals surface area contributed by atoms with Crippen LogP contribution in [0.25, 0.3) is 0 Å². The van der Waals surface area contributed by atoms with Crippen LogP contribution in [0.3, 0.4) is 0 Å². The number of rotatable bonds is 7. The van der Waals surface area contributed by atoms with Crippen molar-refractivity contribution in [1.29, 1.82) is 0 Å². The molecule has 0 radical (unpaired) electrons. The third-order valence-corrected chi connectivity index (χ3v) is 5.14. The first-order chi connectivity index (χ1) is 12.1. The van der Waals surface area contributed by atoms with E-state index in [-0.39, 0.29) is 0 Å². The number of likely N-dealkylation sites (N-methyl/N-ethyl adjacent to an activating group) is 1. The van der Waals surface area contributed by atoms with Gasteiger partial charge in [0, 0.05) is 50.3 Å². The quantitative estimate of drug-likeness (QED) is 0.814. The molecule has 0 saturated carbocycles. The Bertz CT molecular complexity index is 667. The molecule has 0 atom stereocenters. The predicted octanol–water partition coefficient (Wildman–Crippen LogP) is 1.99. The van der Waals surface area contributed by atoms with E-state index in [0.29, 0.717) is 11.7 Å². The summed E-state index contributed by atoms with van der Waals surface area (Å²) in [5, 5.41) is 0.650. The molecule has 1 aliphatic heterocycles. The maximum Gasteiger partial charge on any atom is 0.180 e. The summed E-state index contributed by atoms with van der Waals surface area (Å²) in [7, 11) is 4.12. The molecule has 0 unspecified atom stereocenters. The summed E-state index contributed by atoms with van der Waals surface area (Å²) < 4.78 is 6.01. The van der Waals surface area contributed by atoms with Crippen LogP contribution in [-0.2, 0) is 6.54 Å². The molecular weight excluding hydrogens is 334 g/mol. The molecule has 0 spiro atoms. The third kappa shape index (κ3) is 5.07. The van der Waals surface area contributed by atoms with Gasteiger partial charge in [-0.15, -0.1) is 11.3 Å². The van der Waals surface area contributed by atoms with E-state index in [0.717, 1.165) is 45.0 Å². The SMILES string of the molecule is CN(C)CCOc1ccccc1N1CCN(Cc2cnc(N)s2)CC1. The summed E-state index contributed by atoms with van der Waals surface area (Å²) in [4.78, 5) is 12.4. The largest absolute Gasteiger partial charge is 0.490 e. The van der Waals surface area contributed by atoms with Gasteiger partial charge < -0.3 is 20.3 Å². The zero-order valence-corrected chi connectivity index (χ0v) is 15.8. The molecule has 7 heteroatoms. The number of anilines is 2. The van der Waals surface area contributed by atoms with Crippen molar-refractivity contribution in [1.82, 2.24) is 14.8 Å². The molecule has 0 bridgehead atoms. The molecule has 136 valence electrons. The highest BCUT2D eigenvalue weighted by Crippen LogP contribution is 2.29. The predicted molar refractivity (Wildman–Crippen MR) is 105 cm³/mol. The van der Waals surface area contributed by atoms with Crippen molar-refractivity contribution in [3.05, 3.63) is 35.3 Å². The number of nitrogens with two attached hydrogens (primary N) is 1. The van der Waals surface area contributed by atoms with E-state index < -0.39 is 0 Å². The molecule has 1 aliphatic rings. The molecule has 6 nitrogen and oxygen atoms in total. The van der Waals surface area contributed by atoms with Gasteiger partial charge in [0.25, 0.3) is 0 Å². The van der Waals surface area contributed by atoms with Crippen LogP contribution in [0.15, 0.2) is 30.5 Å². The molecule has 25 heavy (non-hydrogen) atoms. The second kappa shape index (κ2) is 8.51. The van der Waals surface area contributed by atoms with Crippen LogP contribution < -0.4 is 15.4 Å². The number of benzene rings is 1. The van der Waals surface area contributed by atoms with Crippen molar-refractivity contribution in [3.8, 4) is 5.75 Å². The summed E-state index contributed by atoms with van der Waals surface area (Å²) in [6, 6.07) is 8.35. The molecular formula is C18H27N5OS. The number of hydrogen-bond donors (Lipinski definition) is 1. The molecule has 1 saturated heterocycles. The van der Waals surface area contributed by atoms with Gasteiger partial charge in [0.15, 0.2) is 5.13 Å². The van der Waals surface area contributed by atoms with Crippen LogP contribution in [0.4, 0.5) is 10.8 Å². The van der Waals surface area contributed by atoms with Gasteiger partial charge in [-0.1, -0.05) is 12.1 Å². The minimum absolute atomic E-state index is 0.650. The second-order valence-corrected chi connectivity index (χ2v) is 7.69. The van der Waals surface area contributed by atoms with Gasteiger partial charge in [0.05, 0.1) is 5.69 Å². The summed E-state index contributed by atoms with van der Waals surface area (Å²) >= 11 is 1.58. The molecule has 1 fully saturated rings. The maximum absolute atomic E-state index is 6.01. The Morgan fingerprint density at radius 1 is 1.20 bits per heavy atom. The molecule has 2 N–H and O–H groups in total. The summed E-state index contributed by atoms with van der Waals surface area (Å²) in [6.07, 6.45) is 1.89. The second-order valence-electron chi connectivity index (χ2n) is 6.55. The topological polar surface area (TPSA) is 57.9 Å². The lowest BCUT2D eigenvalue weighted by molar-refractivity contribution is 0.246. The number of nitrogen functional groups attached to an aromatic ring is 1. The van der Waals surface area contributed by atoms with Crippen LogP contribution >= 0.6 is 11.3 Å². The normalized spacial score (nSPS) is 15.7. The number of nitrogens with zero attached hydrogens (tertiary/aromatic N) is 4. The molecule has 2 heterocycles. The van der Waals surface area contributed by atoms with Crippen LogP contribution in [0.2, 0.25) is 0 Å². The Morgan fingerprint density at radius 2 is 1.96 bits per heavy atom. The Kier molecular flexibility index (Phi) is 6.12. The molecule has 2 aromatic rings. The number of thiazole rings is 1. The lowest BCUT2D eigenvalue weighted by Crippen LogP contribution is -2.46. The van der Waals surface area contributed by atoms with Gasteiger partial charge in [-0.05, 0) is 26.2 Å². The summed E-state index contributed by atoms with van der Waals surface area (Å²) in [6.45, 7) is 6.62. The number of para-hydroxylation sites is 2. The monoisotopic (exact) mass is 361 g/mol. The highest BCUT2D eigenvalue weighted by atomic mass is 32.1. The Labute approximate surface area is 153 Å². The smallest absolute Gasteiger partial charge is 0.180 e.